The van der Waals surface area contributed by atoms with E-state index in [2.05, 4.69) is 11.6 Å². The van der Waals surface area contributed by atoms with Gasteiger partial charge in [0.2, 0.25) is 0 Å². The van der Waals surface area contributed by atoms with E-state index in [1.54, 1.807) is 6.08 Å². The van der Waals surface area contributed by atoms with Crippen LogP contribution >= 0.6 is 11.6 Å². The number of hydrogen-bond donors (Lipinski definition) is 0. The quantitative estimate of drug-likeness (QED) is 0.401. The van der Waals surface area contributed by atoms with Crippen LogP contribution in [0.15, 0.2) is 29.4 Å². The molecule has 0 radical (unpaired) electrons. The van der Waals surface area contributed by atoms with Crippen LogP contribution in [0.3, 0.4) is 0 Å². The lowest BCUT2D eigenvalue weighted by Gasteiger charge is -1.81. The predicted molar refractivity (Wildman–Crippen MR) is 38.3 cm³/mol. The summed E-state index contributed by atoms with van der Waals surface area (Å²) in [4.78, 5) is 3.67. The molecule has 44 valence electrons. The van der Waals surface area contributed by atoms with Crippen molar-refractivity contribution in [1.29, 1.82) is 0 Å². The maximum absolute atomic E-state index is 5.15. The molecule has 0 aromatic rings. The first-order valence-corrected chi connectivity index (χ1v) is 2.69. The predicted octanol–water partition coefficient (Wildman–Crippen LogP) is 2.34. The third-order valence-electron chi connectivity index (χ3n) is 0.574. The smallest absolute Gasteiger partial charge is 0.0933 e. The average molecular weight is 130 g/mol. The Kier molecular flexibility index (Phi) is 4.27. The molecule has 0 aliphatic heterocycles. The number of halogens is 1. The van der Waals surface area contributed by atoms with Gasteiger partial charge in [0.05, 0.1) is 11.4 Å². The SMILES string of the molecule is C=C(/C=C\C)N=CCl. The Bertz CT molecular complexity index is 110. The molecular formula is C6H8ClN. The van der Waals surface area contributed by atoms with Crippen molar-refractivity contribution in [2.45, 2.75) is 6.92 Å². The Balaban J connectivity index is 3.66. The summed E-state index contributed by atoms with van der Waals surface area (Å²) in [6.45, 7) is 5.46. The van der Waals surface area contributed by atoms with E-state index < -0.39 is 0 Å². The molecule has 0 atom stereocenters. The lowest BCUT2D eigenvalue weighted by molar-refractivity contribution is 1.45. The zero-order valence-corrected chi connectivity index (χ0v) is 5.52. The lowest BCUT2D eigenvalue weighted by atomic mass is 10.4. The summed E-state index contributed by atoms with van der Waals surface area (Å²) >= 11 is 5.15. The largest absolute Gasteiger partial charge is 0.245 e. The fourth-order valence-electron chi connectivity index (χ4n) is 0.298. The van der Waals surface area contributed by atoms with Crippen LogP contribution in [0.5, 0.6) is 0 Å². The van der Waals surface area contributed by atoms with Crippen molar-refractivity contribution < 1.29 is 0 Å². The highest BCUT2D eigenvalue weighted by Gasteiger charge is 1.73. The number of rotatable bonds is 2. The minimum absolute atomic E-state index is 0.669. The summed E-state index contributed by atoms with van der Waals surface area (Å²) in [5.41, 5.74) is 1.87. The Morgan fingerprint density at radius 3 is 2.75 bits per heavy atom. The van der Waals surface area contributed by atoms with Crippen LogP contribution in [0.25, 0.3) is 0 Å². The summed E-state index contributed by atoms with van der Waals surface area (Å²) in [7, 11) is 0. The molecule has 0 unspecified atom stereocenters. The molecule has 0 amide bonds. The number of aliphatic imine (C=N–C) groups is 1. The molecule has 0 spiro atoms. The van der Waals surface area contributed by atoms with Gasteiger partial charge in [-0.3, -0.25) is 0 Å². The van der Waals surface area contributed by atoms with Gasteiger partial charge in [0.1, 0.15) is 0 Å². The molecule has 0 aliphatic rings. The Morgan fingerprint density at radius 1 is 1.75 bits per heavy atom. The van der Waals surface area contributed by atoms with Crippen LogP contribution in [0.4, 0.5) is 0 Å². The number of allylic oxidation sites excluding steroid dienone is 2. The molecule has 0 aliphatic carbocycles. The van der Waals surface area contributed by atoms with E-state index >= 15 is 0 Å². The zero-order valence-electron chi connectivity index (χ0n) is 4.76. The van der Waals surface area contributed by atoms with E-state index in [9.17, 15) is 0 Å². The molecule has 8 heavy (non-hydrogen) atoms. The molecule has 0 aromatic heterocycles. The van der Waals surface area contributed by atoms with Crippen LogP contribution in [0, 0.1) is 0 Å². The zero-order chi connectivity index (χ0) is 6.41. The molecule has 2 heteroatoms. The van der Waals surface area contributed by atoms with Crippen LogP contribution in [0.1, 0.15) is 6.92 Å². The first-order chi connectivity index (χ1) is 3.81. The van der Waals surface area contributed by atoms with E-state index in [-0.39, 0.29) is 0 Å². The van der Waals surface area contributed by atoms with Gasteiger partial charge in [-0.2, -0.15) is 0 Å². The standard InChI is InChI=1S/C6H8ClN/c1-3-4-6(2)8-5-7/h3-5H,2H2,1H3/b4-3-,8-5?. The molecule has 0 saturated carbocycles. The van der Waals surface area contributed by atoms with Crippen molar-refractivity contribution in [3.63, 3.8) is 0 Å². The van der Waals surface area contributed by atoms with Gasteiger partial charge >= 0.3 is 0 Å². The maximum atomic E-state index is 5.15. The van der Waals surface area contributed by atoms with E-state index in [1.165, 1.54) is 5.67 Å². The highest BCUT2D eigenvalue weighted by atomic mass is 35.5. The third-order valence-corrected chi connectivity index (χ3v) is 0.671. The van der Waals surface area contributed by atoms with Gasteiger partial charge in [-0.1, -0.05) is 24.3 Å². The fourth-order valence-corrected chi connectivity index (χ4v) is 0.423. The van der Waals surface area contributed by atoms with Gasteiger partial charge in [0.25, 0.3) is 0 Å². The van der Waals surface area contributed by atoms with Crippen molar-refractivity contribution >= 4 is 17.3 Å². The molecule has 0 bridgehead atoms. The second kappa shape index (κ2) is 4.60. The average Bonchev–Trinajstić information content (AvgIpc) is 1.68. The summed E-state index contributed by atoms with van der Waals surface area (Å²) in [5, 5.41) is 0. The van der Waals surface area contributed by atoms with Gasteiger partial charge in [-0.15, -0.1) is 0 Å². The monoisotopic (exact) mass is 129 g/mol. The summed E-state index contributed by atoms with van der Waals surface area (Å²) in [5.74, 6) is 0. The lowest BCUT2D eigenvalue weighted by Crippen LogP contribution is -1.63. The van der Waals surface area contributed by atoms with Crippen LogP contribution < -0.4 is 0 Å². The van der Waals surface area contributed by atoms with Gasteiger partial charge < -0.3 is 0 Å². The second-order valence-electron chi connectivity index (χ2n) is 1.22. The normalized spacial score (nSPS) is 11.2. The van der Waals surface area contributed by atoms with E-state index in [1.807, 2.05) is 13.0 Å². The highest BCUT2D eigenvalue weighted by molar-refractivity contribution is 6.56. The molecule has 0 saturated heterocycles. The number of hydrogen-bond acceptors (Lipinski definition) is 1. The number of nitrogens with zero attached hydrogens (tertiary/aromatic N) is 1. The molecule has 0 fully saturated rings. The second-order valence-corrected chi connectivity index (χ2v) is 1.41. The topological polar surface area (TPSA) is 12.4 Å². The van der Waals surface area contributed by atoms with Crippen LogP contribution in [0.2, 0.25) is 0 Å². The van der Waals surface area contributed by atoms with Gasteiger partial charge in [0, 0.05) is 0 Å². The Hall–Kier alpha value is -0.560. The van der Waals surface area contributed by atoms with E-state index in [0.717, 1.165) is 0 Å². The minimum Gasteiger partial charge on any atom is -0.245 e. The van der Waals surface area contributed by atoms with Crippen molar-refractivity contribution in [3.05, 3.63) is 24.4 Å². The van der Waals surface area contributed by atoms with E-state index in [4.69, 9.17) is 11.6 Å². The fraction of sp³-hybridized carbons (Fsp3) is 0.167. The minimum atomic E-state index is 0.669. The van der Waals surface area contributed by atoms with Gasteiger partial charge in [-0.25, -0.2) is 4.99 Å². The first-order valence-electron chi connectivity index (χ1n) is 2.25. The summed E-state index contributed by atoms with van der Waals surface area (Å²) in [6, 6.07) is 0. The van der Waals surface area contributed by atoms with Crippen molar-refractivity contribution in [2.75, 3.05) is 0 Å². The van der Waals surface area contributed by atoms with Crippen LogP contribution in [-0.2, 0) is 0 Å². The molecular weight excluding hydrogens is 122 g/mol. The molecule has 1 nitrogen and oxygen atoms in total. The van der Waals surface area contributed by atoms with E-state index in [0.29, 0.717) is 5.70 Å². The molecule has 0 N–H and O–H groups in total. The first kappa shape index (κ1) is 7.44. The highest BCUT2D eigenvalue weighted by Crippen LogP contribution is 1.92. The van der Waals surface area contributed by atoms with Gasteiger partial charge in [-0.05, 0) is 13.0 Å². The summed E-state index contributed by atoms with van der Waals surface area (Å²) < 4.78 is 0. The Morgan fingerprint density at radius 2 is 2.38 bits per heavy atom. The van der Waals surface area contributed by atoms with Crippen LogP contribution in [-0.4, -0.2) is 5.67 Å². The van der Waals surface area contributed by atoms with Crippen molar-refractivity contribution in [3.8, 4) is 0 Å². The van der Waals surface area contributed by atoms with Crippen molar-refractivity contribution in [2.24, 2.45) is 4.99 Å². The van der Waals surface area contributed by atoms with Gasteiger partial charge in [0.15, 0.2) is 0 Å². The molecule has 0 heterocycles. The van der Waals surface area contributed by atoms with Crippen molar-refractivity contribution in [1.82, 2.24) is 0 Å². The summed E-state index contributed by atoms with van der Waals surface area (Å²) in [6.07, 6.45) is 3.63. The maximum Gasteiger partial charge on any atom is 0.0933 e. The Labute approximate surface area is 54.4 Å². The third kappa shape index (κ3) is 3.62. The molecule has 0 aromatic carbocycles. The molecule has 0 rings (SSSR count).